The number of unbranched alkanes of at least 4 members (excludes halogenated alkanes) is 1. The van der Waals surface area contributed by atoms with E-state index in [-0.39, 0.29) is 12.8 Å². The normalized spacial score (nSPS) is 19.5. The molecule has 7 nitrogen and oxygen atoms in total. The van der Waals surface area contributed by atoms with Crippen molar-refractivity contribution in [1.29, 1.82) is 0 Å². The van der Waals surface area contributed by atoms with Crippen molar-refractivity contribution in [2.75, 3.05) is 14.9 Å². The molecule has 2 heterocycles. The molecule has 0 aliphatic carbocycles. The third-order valence-corrected chi connectivity index (χ3v) is 7.03. The Morgan fingerprint density at radius 3 is 1.58 bits per heavy atom. The molecule has 0 bridgehead atoms. The first-order chi connectivity index (χ1) is 17.5. The van der Waals surface area contributed by atoms with Gasteiger partial charge >= 0.3 is 0 Å². The largest absolute Gasteiger partial charge is 0.274 e. The van der Waals surface area contributed by atoms with Gasteiger partial charge in [-0.2, -0.15) is 0 Å². The molecule has 0 N–H and O–H groups in total. The van der Waals surface area contributed by atoms with Gasteiger partial charge in [0.05, 0.1) is 23.0 Å². The van der Waals surface area contributed by atoms with Gasteiger partial charge in [0.1, 0.15) is 5.41 Å². The number of anilines is 3. The van der Waals surface area contributed by atoms with Crippen LogP contribution in [0.3, 0.4) is 0 Å². The highest BCUT2D eigenvalue weighted by Gasteiger charge is 2.67. The third-order valence-electron chi connectivity index (χ3n) is 7.03. The van der Waals surface area contributed by atoms with Crippen LogP contribution in [0, 0.1) is 11.3 Å². The second-order valence-electron chi connectivity index (χ2n) is 9.14. The number of hydrogen-bond acceptors (Lipinski definition) is 4. The maximum absolute atomic E-state index is 14.4. The van der Waals surface area contributed by atoms with Crippen molar-refractivity contribution in [3.05, 3.63) is 91.0 Å². The smallest absolute Gasteiger partial charge is 0.262 e. The van der Waals surface area contributed by atoms with Gasteiger partial charge in [-0.05, 0) is 42.8 Å². The van der Waals surface area contributed by atoms with E-state index in [2.05, 4.69) is 0 Å². The number of carbonyl (C=O) groups is 4. The average Bonchev–Trinajstić information content (AvgIpc) is 3.33. The summed E-state index contributed by atoms with van der Waals surface area (Å²) < 4.78 is 0. The molecule has 2 aliphatic rings. The van der Waals surface area contributed by atoms with Gasteiger partial charge in [-0.25, -0.2) is 10.0 Å². The molecule has 0 spiro atoms. The number of hydrazine groups is 1. The topological polar surface area (TPSA) is 78.0 Å². The molecule has 0 unspecified atom stereocenters. The molecule has 0 aromatic heterocycles. The summed E-state index contributed by atoms with van der Waals surface area (Å²) in [4.78, 5) is 56.9. The number of rotatable bonds is 7. The summed E-state index contributed by atoms with van der Waals surface area (Å²) in [6.45, 7) is 1.97. The Morgan fingerprint density at radius 2 is 1.14 bits per heavy atom. The second kappa shape index (κ2) is 9.41. The number of amides is 4. The fraction of sp³-hybridized carbons (Fsp3) is 0.241. The van der Waals surface area contributed by atoms with E-state index in [0.29, 0.717) is 23.5 Å². The summed E-state index contributed by atoms with van der Waals surface area (Å²) in [5.74, 6) is -2.95. The summed E-state index contributed by atoms with van der Waals surface area (Å²) in [7, 11) is 0. The molecule has 182 valence electrons. The SMILES string of the molecule is CCCCC1([C@H]2CC(=O)N(c3ccccc3)C2=O)C(=O)N(c2ccccc2)N(c2ccccc2)C1=O. The molecule has 3 aromatic carbocycles. The molecule has 3 aromatic rings. The van der Waals surface area contributed by atoms with Crippen LogP contribution >= 0.6 is 0 Å². The Kier molecular flexibility index (Phi) is 6.14. The highest BCUT2D eigenvalue weighted by Crippen LogP contribution is 2.50. The Bertz CT molecular complexity index is 1240. The predicted octanol–water partition coefficient (Wildman–Crippen LogP) is 4.74. The van der Waals surface area contributed by atoms with Crippen LogP contribution < -0.4 is 14.9 Å². The minimum atomic E-state index is -1.68. The number of para-hydroxylation sites is 3. The van der Waals surface area contributed by atoms with Crippen LogP contribution in [0.5, 0.6) is 0 Å². The van der Waals surface area contributed by atoms with Crippen molar-refractivity contribution in [3.63, 3.8) is 0 Å². The minimum absolute atomic E-state index is 0.181. The van der Waals surface area contributed by atoms with Crippen LogP contribution in [0.2, 0.25) is 0 Å². The summed E-state index contributed by atoms with van der Waals surface area (Å²) >= 11 is 0. The van der Waals surface area contributed by atoms with E-state index >= 15 is 0 Å². The summed E-state index contributed by atoms with van der Waals surface area (Å²) in [6.07, 6.45) is 1.28. The predicted molar refractivity (Wildman–Crippen MR) is 137 cm³/mol. The lowest BCUT2D eigenvalue weighted by Crippen LogP contribution is -2.47. The van der Waals surface area contributed by atoms with Gasteiger partial charge in [0, 0.05) is 6.42 Å². The van der Waals surface area contributed by atoms with Gasteiger partial charge in [0.2, 0.25) is 11.8 Å². The van der Waals surface area contributed by atoms with Gasteiger partial charge in [0.25, 0.3) is 11.8 Å². The molecular formula is C29H27N3O4. The van der Waals surface area contributed by atoms with Crippen molar-refractivity contribution < 1.29 is 19.2 Å². The van der Waals surface area contributed by atoms with Gasteiger partial charge in [0.15, 0.2) is 0 Å². The highest BCUT2D eigenvalue weighted by atomic mass is 16.2. The standard InChI is InChI=1S/C29H27N3O4/c1-2-3-19-29(24-20-25(33)30(26(24)34)21-13-7-4-8-14-21)27(35)31(22-15-9-5-10-16-22)32(28(29)36)23-17-11-6-12-18-23/h4-18,24H,2-3,19-20H2,1H3/t24-/m0/s1. The Labute approximate surface area is 209 Å². The zero-order valence-electron chi connectivity index (χ0n) is 20.0. The Morgan fingerprint density at radius 1 is 0.694 bits per heavy atom. The number of carbonyl (C=O) groups excluding carboxylic acids is 4. The average molecular weight is 482 g/mol. The van der Waals surface area contributed by atoms with E-state index in [1.807, 2.05) is 19.1 Å². The van der Waals surface area contributed by atoms with Gasteiger partial charge in [-0.1, -0.05) is 74.4 Å². The van der Waals surface area contributed by atoms with Crippen LogP contribution in [0.15, 0.2) is 91.0 Å². The highest BCUT2D eigenvalue weighted by molar-refractivity contribution is 6.31. The molecule has 5 rings (SSSR count). The van der Waals surface area contributed by atoms with Crippen molar-refractivity contribution in [2.45, 2.75) is 32.6 Å². The fourth-order valence-corrected chi connectivity index (χ4v) is 5.26. The minimum Gasteiger partial charge on any atom is -0.274 e. The van der Waals surface area contributed by atoms with Gasteiger partial charge in [-0.15, -0.1) is 0 Å². The lowest BCUT2D eigenvalue weighted by molar-refractivity contribution is -0.144. The fourth-order valence-electron chi connectivity index (χ4n) is 5.26. The first-order valence-electron chi connectivity index (χ1n) is 12.2. The third kappa shape index (κ3) is 3.59. The second-order valence-corrected chi connectivity index (χ2v) is 9.14. The maximum atomic E-state index is 14.4. The lowest BCUT2D eigenvalue weighted by Gasteiger charge is -2.29. The Hall–Kier alpha value is -4.26. The van der Waals surface area contributed by atoms with E-state index in [1.165, 1.54) is 10.0 Å². The lowest BCUT2D eigenvalue weighted by atomic mass is 9.70. The van der Waals surface area contributed by atoms with Crippen molar-refractivity contribution >= 4 is 40.7 Å². The zero-order chi connectivity index (χ0) is 25.3. The number of imide groups is 1. The van der Waals surface area contributed by atoms with E-state index < -0.39 is 35.0 Å². The monoisotopic (exact) mass is 481 g/mol. The first-order valence-corrected chi connectivity index (χ1v) is 12.2. The maximum Gasteiger partial charge on any atom is 0.262 e. The van der Waals surface area contributed by atoms with Crippen LogP contribution in [-0.4, -0.2) is 23.6 Å². The molecule has 1 atom stereocenters. The van der Waals surface area contributed by atoms with Crippen molar-refractivity contribution in [2.24, 2.45) is 11.3 Å². The first kappa shape index (κ1) is 23.5. The van der Waals surface area contributed by atoms with Crippen LogP contribution in [0.25, 0.3) is 0 Å². The summed E-state index contributed by atoms with van der Waals surface area (Å²) in [5.41, 5.74) is -0.194. The van der Waals surface area contributed by atoms with Crippen LogP contribution in [0.4, 0.5) is 17.1 Å². The van der Waals surface area contributed by atoms with E-state index in [1.54, 1.807) is 78.9 Å². The molecule has 0 radical (unpaired) electrons. The molecule has 4 amide bonds. The van der Waals surface area contributed by atoms with Crippen molar-refractivity contribution in [3.8, 4) is 0 Å². The van der Waals surface area contributed by atoms with E-state index in [0.717, 1.165) is 11.3 Å². The molecular weight excluding hydrogens is 454 g/mol. The van der Waals surface area contributed by atoms with E-state index in [9.17, 15) is 19.2 Å². The summed E-state index contributed by atoms with van der Waals surface area (Å²) in [6, 6.07) is 26.5. The Balaban J connectivity index is 1.66. The van der Waals surface area contributed by atoms with Crippen LogP contribution in [0.1, 0.15) is 32.6 Å². The molecule has 2 fully saturated rings. The zero-order valence-corrected chi connectivity index (χ0v) is 20.0. The number of hydrogen-bond donors (Lipinski definition) is 0. The quantitative estimate of drug-likeness (QED) is 0.361. The van der Waals surface area contributed by atoms with E-state index in [4.69, 9.17) is 0 Å². The van der Waals surface area contributed by atoms with Crippen LogP contribution in [-0.2, 0) is 19.2 Å². The molecule has 2 aliphatic heterocycles. The molecule has 2 saturated heterocycles. The molecule has 7 heteroatoms. The van der Waals surface area contributed by atoms with Crippen molar-refractivity contribution in [1.82, 2.24) is 0 Å². The van der Waals surface area contributed by atoms with Gasteiger partial charge < -0.3 is 0 Å². The molecule has 36 heavy (non-hydrogen) atoms. The molecule has 0 saturated carbocycles. The van der Waals surface area contributed by atoms with Gasteiger partial charge in [-0.3, -0.25) is 24.1 Å². The number of benzene rings is 3. The summed E-state index contributed by atoms with van der Waals surface area (Å²) in [5, 5.41) is 2.74. The number of nitrogens with zero attached hydrogens (tertiary/aromatic N) is 3.